The topological polar surface area (TPSA) is 47.9 Å². The zero-order valence-electron chi connectivity index (χ0n) is 15.4. The lowest BCUT2D eigenvalue weighted by Gasteiger charge is -2.26. The summed E-state index contributed by atoms with van der Waals surface area (Å²) >= 11 is 0. The number of allylic oxidation sites excluding steroid dienone is 2. The van der Waals surface area contributed by atoms with E-state index in [1.54, 1.807) is 6.08 Å². The van der Waals surface area contributed by atoms with E-state index in [2.05, 4.69) is 21.8 Å². The Morgan fingerprint density at radius 1 is 1.60 bits per heavy atom. The van der Waals surface area contributed by atoms with Crippen molar-refractivity contribution >= 4 is 11.7 Å². The molecular formula is C18H28F2N4O. The standard InChI is InChI=1S/C15H22F2N4O.C3H6/c1-4-18-14-12(5-7-19-14)10(2)21-8-6-11(9-21)20(3)15(22)13(16)17;1-3-2/h5,7,11,13H,4,6,8-9H2,1-3H3,(H,18,19);3H,1H2,2H3/b12-10+;. The van der Waals surface area contributed by atoms with E-state index in [-0.39, 0.29) is 6.04 Å². The molecule has 1 amide bonds. The van der Waals surface area contributed by atoms with E-state index >= 15 is 0 Å². The number of carbonyl (C=O) groups is 1. The van der Waals surface area contributed by atoms with Crippen LogP contribution in [-0.4, -0.2) is 60.7 Å². The molecule has 0 radical (unpaired) electrons. The summed E-state index contributed by atoms with van der Waals surface area (Å²) in [6.07, 6.45) is 3.30. The molecule has 0 aliphatic carbocycles. The van der Waals surface area contributed by atoms with Gasteiger partial charge in [-0.05, 0) is 33.3 Å². The summed E-state index contributed by atoms with van der Waals surface area (Å²) in [6.45, 7) is 11.2. The van der Waals surface area contributed by atoms with Gasteiger partial charge in [-0.1, -0.05) is 6.08 Å². The summed E-state index contributed by atoms with van der Waals surface area (Å²) in [5, 5.41) is 3.10. The highest BCUT2D eigenvalue weighted by molar-refractivity contribution is 6.04. The minimum Gasteiger partial charge on any atom is -0.372 e. The van der Waals surface area contributed by atoms with Crippen LogP contribution >= 0.6 is 0 Å². The number of alkyl halides is 2. The van der Waals surface area contributed by atoms with Crippen LogP contribution in [0.3, 0.4) is 0 Å². The van der Waals surface area contributed by atoms with Gasteiger partial charge in [0, 0.05) is 44.2 Å². The van der Waals surface area contributed by atoms with Gasteiger partial charge in [0.25, 0.3) is 5.91 Å². The second-order valence-electron chi connectivity index (χ2n) is 5.85. The van der Waals surface area contributed by atoms with Crippen LogP contribution in [-0.2, 0) is 4.79 Å². The van der Waals surface area contributed by atoms with Crippen molar-refractivity contribution in [3.05, 3.63) is 36.2 Å². The third kappa shape index (κ3) is 5.41. The van der Waals surface area contributed by atoms with Gasteiger partial charge in [-0.2, -0.15) is 8.78 Å². The Bertz CT molecular complexity index is 569. The first kappa shape index (κ1) is 20.9. The third-order valence-corrected chi connectivity index (χ3v) is 4.15. The van der Waals surface area contributed by atoms with Gasteiger partial charge in [0.2, 0.25) is 0 Å². The second kappa shape index (κ2) is 9.96. The molecule has 7 heteroatoms. The number of nitrogens with one attached hydrogen (secondary N) is 1. The lowest BCUT2D eigenvalue weighted by atomic mass is 10.2. The van der Waals surface area contributed by atoms with Crippen molar-refractivity contribution < 1.29 is 13.6 Å². The molecule has 0 saturated carbocycles. The Balaban J connectivity index is 0.000000970. The van der Waals surface area contributed by atoms with E-state index < -0.39 is 12.3 Å². The van der Waals surface area contributed by atoms with Crippen LogP contribution in [0.1, 0.15) is 27.2 Å². The van der Waals surface area contributed by atoms with Crippen LogP contribution in [0.2, 0.25) is 0 Å². The molecule has 25 heavy (non-hydrogen) atoms. The van der Waals surface area contributed by atoms with Crippen LogP contribution in [0.25, 0.3) is 0 Å². The van der Waals surface area contributed by atoms with Crippen LogP contribution in [0, 0.1) is 0 Å². The summed E-state index contributed by atoms with van der Waals surface area (Å²) in [5.41, 5.74) is 2.07. The summed E-state index contributed by atoms with van der Waals surface area (Å²) in [7, 11) is 1.45. The van der Waals surface area contributed by atoms with Gasteiger partial charge in [0.15, 0.2) is 0 Å². The Morgan fingerprint density at radius 3 is 2.80 bits per heavy atom. The van der Waals surface area contributed by atoms with Crippen LogP contribution in [0.4, 0.5) is 8.78 Å². The van der Waals surface area contributed by atoms with Crippen molar-refractivity contribution in [3.8, 4) is 0 Å². The number of hydrogen-bond donors (Lipinski definition) is 1. The lowest BCUT2D eigenvalue weighted by molar-refractivity contribution is -0.143. The zero-order valence-corrected chi connectivity index (χ0v) is 15.4. The van der Waals surface area contributed by atoms with Gasteiger partial charge in [-0.15, -0.1) is 6.58 Å². The maximum Gasteiger partial charge on any atom is 0.315 e. The normalized spacial score (nSPS) is 22.6. The van der Waals surface area contributed by atoms with Crippen LogP contribution < -0.4 is 5.32 Å². The number of likely N-dealkylation sites (tertiary alicyclic amines) is 1. The largest absolute Gasteiger partial charge is 0.372 e. The van der Waals surface area contributed by atoms with Gasteiger partial charge in [0.1, 0.15) is 5.84 Å². The molecule has 1 unspecified atom stereocenters. The molecule has 1 saturated heterocycles. The first-order chi connectivity index (χ1) is 11.9. The lowest BCUT2D eigenvalue weighted by Crippen LogP contribution is -2.41. The number of amides is 1. The van der Waals surface area contributed by atoms with E-state index in [1.807, 2.05) is 33.0 Å². The monoisotopic (exact) mass is 354 g/mol. The van der Waals surface area contributed by atoms with E-state index in [9.17, 15) is 13.6 Å². The smallest absolute Gasteiger partial charge is 0.315 e. The highest BCUT2D eigenvalue weighted by Gasteiger charge is 2.32. The second-order valence-corrected chi connectivity index (χ2v) is 5.85. The first-order valence-corrected chi connectivity index (χ1v) is 8.42. The van der Waals surface area contributed by atoms with Crippen molar-refractivity contribution in [2.75, 3.05) is 26.7 Å². The molecule has 1 atom stereocenters. The molecule has 2 aliphatic heterocycles. The third-order valence-electron chi connectivity index (χ3n) is 4.15. The molecule has 2 heterocycles. The summed E-state index contributed by atoms with van der Waals surface area (Å²) in [5.74, 6) is -0.270. The van der Waals surface area contributed by atoms with E-state index in [4.69, 9.17) is 0 Å². The molecule has 0 aromatic rings. The van der Waals surface area contributed by atoms with Crippen LogP contribution in [0.5, 0.6) is 0 Å². The number of carbonyl (C=O) groups excluding carboxylic acids is 1. The highest BCUT2D eigenvalue weighted by Crippen LogP contribution is 2.23. The predicted molar refractivity (Wildman–Crippen MR) is 97.6 cm³/mol. The maximum absolute atomic E-state index is 12.5. The molecule has 0 bridgehead atoms. The fraction of sp³-hybridized carbons (Fsp3) is 0.556. The first-order valence-electron chi connectivity index (χ1n) is 8.42. The molecule has 2 aliphatic rings. The average molecular weight is 354 g/mol. The van der Waals surface area contributed by atoms with Gasteiger partial charge < -0.3 is 15.1 Å². The minimum absolute atomic E-state index is 0.179. The minimum atomic E-state index is -2.94. The molecule has 1 fully saturated rings. The Hall–Kier alpha value is -2.18. The molecule has 1 N–H and O–H groups in total. The van der Waals surface area contributed by atoms with Crippen molar-refractivity contribution in [1.82, 2.24) is 15.1 Å². The molecule has 0 aromatic heterocycles. The summed E-state index contributed by atoms with van der Waals surface area (Å²) < 4.78 is 25.0. The number of rotatable bonds is 4. The van der Waals surface area contributed by atoms with E-state index in [0.717, 1.165) is 23.7 Å². The fourth-order valence-electron chi connectivity index (χ4n) is 2.81. The fourth-order valence-corrected chi connectivity index (χ4v) is 2.81. The highest BCUT2D eigenvalue weighted by atomic mass is 19.3. The number of amidine groups is 1. The Kier molecular flexibility index (Phi) is 8.31. The number of halogens is 2. The zero-order chi connectivity index (χ0) is 19.0. The molecule has 140 valence electrons. The van der Waals surface area contributed by atoms with Gasteiger partial charge in [-0.3, -0.25) is 9.79 Å². The molecule has 0 spiro atoms. The molecule has 5 nitrogen and oxygen atoms in total. The van der Waals surface area contributed by atoms with E-state index in [0.29, 0.717) is 19.5 Å². The van der Waals surface area contributed by atoms with Crippen molar-refractivity contribution in [2.24, 2.45) is 4.99 Å². The van der Waals surface area contributed by atoms with Crippen molar-refractivity contribution in [3.63, 3.8) is 0 Å². The van der Waals surface area contributed by atoms with Gasteiger partial charge >= 0.3 is 6.43 Å². The number of nitrogens with zero attached hydrogens (tertiary/aromatic N) is 3. The Morgan fingerprint density at radius 2 is 2.24 bits per heavy atom. The molecular weight excluding hydrogens is 326 g/mol. The average Bonchev–Trinajstić information content (AvgIpc) is 3.23. The summed E-state index contributed by atoms with van der Waals surface area (Å²) in [6, 6.07) is -0.179. The molecule has 0 aromatic carbocycles. The predicted octanol–water partition coefficient (Wildman–Crippen LogP) is 2.79. The van der Waals surface area contributed by atoms with Gasteiger partial charge in [-0.25, -0.2) is 0 Å². The number of likely N-dealkylation sites (N-methyl/N-ethyl adjacent to an activating group) is 1. The van der Waals surface area contributed by atoms with Crippen LogP contribution in [0.15, 0.2) is 41.2 Å². The number of hydrogen-bond acceptors (Lipinski definition) is 3. The van der Waals surface area contributed by atoms with Crippen molar-refractivity contribution in [2.45, 2.75) is 39.7 Å². The van der Waals surface area contributed by atoms with Crippen molar-refractivity contribution in [1.29, 1.82) is 0 Å². The van der Waals surface area contributed by atoms with E-state index in [1.165, 1.54) is 11.9 Å². The Labute approximate surface area is 148 Å². The maximum atomic E-state index is 12.5. The number of aliphatic imine (C=N–C) groups is 1. The quantitative estimate of drug-likeness (QED) is 0.790. The van der Waals surface area contributed by atoms with Gasteiger partial charge in [0.05, 0.1) is 6.04 Å². The summed E-state index contributed by atoms with van der Waals surface area (Å²) in [4.78, 5) is 19.1. The SMILES string of the molecule is C=CC.CCN=C1NC=C/C1=C(/C)N1CCC(N(C)C(=O)C(F)F)C1. The molecule has 2 rings (SSSR count).